The number of nitrogens with zero attached hydrogens (tertiary/aromatic N) is 2. The molecule has 0 bridgehead atoms. The molecule has 3 aromatic rings. The van der Waals surface area contributed by atoms with Gasteiger partial charge in [0.05, 0.1) is 23.7 Å². The second-order valence-electron chi connectivity index (χ2n) is 4.40. The summed E-state index contributed by atoms with van der Waals surface area (Å²) in [6.07, 6.45) is 0. The Bertz CT molecular complexity index is 936. The Kier molecular flexibility index (Phi) is 3.53. The number of benzene rings is 2. The highest BCUT2D eigenvalue weighted by molar-refractivity contribution is 9.10. The zero-order valence-corrected chi connectivity index (χ0v) is 13.5. The van der Waals surface area contributed by atoms with E-state index < -0.39 is 0 Å². The molecule has 104 valence electrons. The van der Waals surface area contributed by atoms with Crippen LogP contribution in [0.5, 0.6) is 5.75 Å². The van der Waals surface area contributed by atoms with Crippen LogP contribution in [0.3, 0.4) is 0 Å². The van der Waals surface area contributed by atoms with Crippen molar-refractivity contribution in [3.63, 3.8) is 0 Å². The van der Waals surface area contributed by atoms with Crippen LogP contribution in [0.15, 0.2) is 40.9 Å². The van der Waals surface area contributed by atoms with Crippen LogP contribution in [0.4, 0.5) is 0 Å². The van der Waals surface area contributed by atoms with Gasteiger partial charge in [0.1, 0.15) is 17.5 Å². The monoisotopic (exact) mass is 359 g/mol. The van der Waals surface area contributed by atoms with Gasteiger partial charge in [-0.15, -0.1) is 0 Å². The van der Waals surface area contributed by atoms with Crippen molar-refractivity contribution in [2.24, 2.45) is 0 Å². The fourth-order valence-electron chi connectivity index (χ4n) is 2.31. The molecule has 2 aromatic carbocycles. The summed E-state index contributed by atoms with van der Waals surface area (Å²) in [6, 6.07) is 13.4. The molecule has 0 saturated heterocycles. The first kappa shape index (κ1) is 13.9. The molecule has 1 heterocycles. The summed E-state index contributed by atoms with van der Waals surface area (Å²) in [6.45, 7) is 0. The molecule has 0 spiro atoms. The third kappa shape index (κ3) is 2.24. The largest absolute Gasteiger partial charge is 0.495 e. The van der Waals surface area contributed by atoms with Crippen LogP contribution < -0.4 is 4.74 Å². The van der Waals surface area contributed by atoms with Crippen LogP contribution >= 0.6 is 28.1 Å². The fraction of sp³-hybridized carbons (Fsp3) is 0.0667. The van der Waals surface area contributed by atoms with E-state index in [-0.39, 0.29) is 0 Å². The van der Waals surface area contributed by atoms with Gasteiger partial charge in [0, 0.05) is 4.47 Å². The Labute approximate surface area is 134 Å². The maximum Gasteiger partial charge on any atom is 0.182 e. The lowest BCUT2D eigenvalue weighted by molar-refractivity contribution is 0.413. The number of aromatic nitrogens is 2. The number of aromatic amines is 1. The Balaban J connectivity index is 2.44. The summed E-state index contributed by atoms with van der Waals surface area (Å²) >= 11 is 8.86. The molecule has 0 aliphatic heterocycles. The van der Waals surface area contributed by atoms with Crippen molar-refractivity contribution >= 4 is 39.2 Å². The van der Waals surface area contributed by atoms with Crippen LogP contribution in [-0.4, -0.2) is 16.7 Å². The van der Waals surface area contributed by atoms with Gasteiger partial charge in [-0.25, -0.2) is 0 Å². The second kappa shape index (κ2) is 5.35. The Morgan fingerprint density at radius 1 is 1.33 bits per heavy atom. The number of H-pyrrole nitrogens is 1. The molecule has 1 N–H and O–H groups in total. The fourth-order valence-corrected chi connectivity index (χ4v) is 2.97. The lowest BCUT2D eigenvalue weighted by Gasteiger charge is -2.12. The molecule has 0 aliphatic rings. The highest BCUT2D eigenvalue weighted by Crippen LogP contribution is 2.30. The van der Waals surface area contributed by atoms with Gasteiger partial charge in [0.25, 0.3) is 0 Å². The number of imidazole rings is 1. The summed E-state index contributed by atoms with van der Waals surface area (Å²) in [5, 5.41) is 9.37. The molecular formula is C15H10BrN3OS. The third-order valence-corrected chi connectivity index (χ3v) is 3.99. The normalized spacial score (nSPS) is 10.5. The number of nitrogens with one attached hydrogen (secondary N) is 1. The molecule has 0 amide bonds. The first-order chi connectivity index (χ1) is 10.2. The van der Waals surface area contributed by atoms with E-state index in [0.29, 0.717) is 21.8 Å². The zero-order valence-electron chi connectivity index (χ0n) is 11.1. The highest BCUT2D eigenvalue weighted by atomic mass is 79.9. The molecule has 3 rings (SSSR count). The standard InChI is InChI=1S/C15H10BrN3OS/c1-20-13-4-2-3-9(8-17)14(13)19-12-6-5-10(16)7-11(12)18-15(19)21/h2-7H,1H3,(H,18,21). The molecular weight excluding hydrogens is 350 g/mol. The lowest BCUT2D eigenvalue weighted by Crippen LogP contribution is -2.01. The summed E-state index contributed by atoms with van der Waals surface area (Å²) in [5.74, 6) is 0.606. The number of halogens is 1. The topological polar surface area (TPSA) is 53.7 Å². The summed E-state index contributed by atoms with van der Waals surface area (Å²) in [5.41, 5.74) is 2.95. The van der Waals surface area contributed by atoms with Crippen molar-refractivity contribution in [2.75, 3.05) is 7.11 Å². The molecule has 0 unspecified atom stereocenters. The molecule has 4 nitrogen and oxygen atoms in total. The summed E-state index contributed by atoms with van der Waals surface area (Å²) in [4.78, 5) is 3.15. The van der Waals surface area contributed by atoms with Crippen molar-refractivity contribution < 1.29 is 4.74 Å². The van der Waals surface area contributed by atoms with Crippen molar-refractivity contribution in [1.29, 1.82) is 5.26 Å². The van der Waals surface area contributed by atoms with E-state index in [9.17, 15) is 5.26 Å². The first-order valence-corrected chi connectivity index (χ1v) is 7.33. The van der Waals surface area contributed by atoms with Crippen LogP contribution in [0.1, 0.15) is 5.56 Å². The average Bonchev–Trinajstić information content (AvgIpc) is 2.80. The quantitative estimate of drug-likeness (QED) is 0.692. The van der Waals surface area contributed by atoms with E-state index in [1.165, 1.54) is 0 Å². The molecule has 0 aliphatic carbocycles. The van der Waals surface area contributed by atoms with E-state index in [1.807, 2.05) is 28.8 Å². The highest BCUT2D eigenvalue weighted by Gasteiger charge is 2.15. The Morgan fingerprint density at radius 2 is 2.14 bits per heavy atom. The van der Waals surface area contributed by atoms with Crippen molar-refractivity contribution in [1.82, 2.24) is 9.55 Å². The van der Waals surface area contributed by atoms with Crippen LogP contribution in [0.2, 0.25) is 0 Å². The van der Waals surface area contributed by atoms with Gasteiger partial charge < -0.3 is 9.72 Å². The third-order valence-electron chi connectivity index (χ3n) is 3.21. The Hall–Kier alpha value is -2.10. The summed E-state index contributed by atoms with van der Waals surface area (Å²) in [7, 11) is 1.58. The van der Waals surface area contributed by atoms with Gasteiger partial charge in [-0.05, 0) is 42.5 Å². The van der Waals surface area contributed by atoms with Crippen LogP contribution in [0.25, 0.3) is 16.7 Å². The van der Waals surface area contributed by atoms with E-state index >= 15 is 0 Å². The molecule has 6 heteroatoms. The van der Waals surface area contributed by atoms with Gasteiger partial charge in [0.2, 0.25) is 0 Å². The van der Waals surface area contributed by atoms with Crippen LogP contribution in [-0.2, 0) is 0 Å². The number of rotatable bonds is 2. The molecule has 21 heavy (non-hydrogen) atoms. The minimum Gasteiger partial charge on any atom is -0.495 e. The van der Waals surface area contributed by atoms with E-state index in [1.54, 1.807) is 19.2 Å². The number of nitriles is 1. The number of ether oxygens (including phenoxy) is 1. The average molecular weight is 360 g/mol. The van der Waals surface area contributed by atoms with Gasteiger partial charge in [-0.2, -0.15) is 5.26 Å². The van der Waals surface area contributed by atoms with Crippen molar-refractivity contribution in [3.8, 4) is 17.5 Å². The second-order valence-corrected chi connectivity index (χ2v) is 5.70. The smallest absolute Gasteiger partial charge is 0.182 e. The van der Waals surface area contributed by atoms with E-state index in [0.717, 1.165) is 15.5 Å². The number of methoxy groups -OCH3 is 1. The molecule has 0 radical (unpaired) electrons. The molecule has 0 saturated carbocycles. The van der Waals surface area contributed by atoms with Gasteiger partial charge >= 0.3 is 0 Å². The van der Waals surface area contributed by atoms with E-state index in [4.69, 9.17) is 17.0 Å². The number of hydrogen-bond acceptors (Lipinski definition) is 3. The lowest BCUT2D eigenvalue weighted by atomic mass is 10.1. The number of para-hydroxylation sites is 1. The maximum atomic E-state index is 9.37. The molecule has 0 atom stereocenters. The number of fused-ring (bicyclic) bond motifs is 1. The zero-order chi connectivity index (χ0) is 15.0. The predicted molar refractivity (Wildman–Crippen MR) is 87.4 cm³/mol. The summed E-state index contributed by atoms with van der Waals surface area (Å²) < 4.78 is 8.70. The van der Waals surface area contributed by atoms with Gasteiger partial charge in [0.15, 0.2) is 4.77 Å². The predicted octanol–water partition coefficient (Wildman–Crippen LogP) is 4.33. The minimum absolute atomic E-state index is 0.509. The van der Waals surface area contributed by atoms with Gasteiger partial charge in [-0.3, -0.25) is 4.57 Å². The number of hydrogen-bond donors (Lipinski definition) is 1. The minimum atomic E-state index is 0.509. The van der Waals surface area contributed by atoms with Crippen molar-refractivity contribution in [2.45, 2.75) is 0 Å². The molecule has 0 fully saturated rings. The van der Waals surface area contributed by atoms with Crippen LogP contribution in [0, 0.1) is 16.1 Å². The maximum absolute atomic E-state index is 9.37. The molecule has 1 aromatic heterocycles. The first-order valence-electron chi connectivity index (χ1n) is 6.13. The Morgan fingerprint density at radius 3 is 2.86 bits per heavy atom. The van der Waals surface area contributed by atoms with E-state index in [2.05, 4.69) is 27.0 Å². The van der Waals surface area contributed by atoms with Gasteiger partial charge in [-0.1, -0.05) is 22.0 Å². The van der Waals surface area contributed by atoms with Crippen molar-refractivity contribution in [3.05, 3.63) is 51.2 Å². The SMILES string of the molecule is COc1cccc(C#N)c1-n1c(=S)[nH]c2cc(Br)ccc21.